The van der Waals surface area contributed by atoms with Gasteiger partial charge in [-0.25, -0.2) is 0 Å². The predicted molar refractivity (Wildman–Crippen MR) is 76.1 cm³/mol. The molecule has 1 aliphatic rings. The fourth-order valence-electron chi connectivity index (χ4n) is 3.00. The summed E-state index contributed by atoms with van der Waals surface area (Å²) >= 11 is 0. The molecule has 0 amide bonds. The maximum absolute atomic E-state index is 12.8. The molecule has 2 atom stereocenters. The molecule has 2 aromatic rings. The number of ether oxygens (including phenoxy) is 1. The van der Waals surface area contributed by atoms with Crippen molar-refractivity contribution < 1.29 is 14.6 Å². The van der Waals surface area contributed by atoms with Crippen molar-refractivity contribution in [3.8, 4) is 5.75 Å². The summed E-state index contributed by atoms with van der Waals surface area (Å²) in [5, 5.41) is 10.7. The van der Waals surface area contributed by atoms with Crippen LogP contribution in [0.1, 0.15) is 34.5 Å². The van der Waals surface area contributed by atoms with E-state index in [-0.39, 0.29) is 5.78 Å². The number of rotatable bonds is 2. The first-order valence-electron chi connectivity index (χ1n) is 6.56. The highest BCUT2D eigenvalue weighted by molar-refractivity contribution is 6.09. The number of Topliss-reactive ketones (excluding diaryl/α,β-unsaturated/α-hetero) is 1. The Morgan fingerprint density at radius 2 is 1.75 bits per heavy atom. The first kappa shape index (κ1) is 12.9. The molecule has 0 bridgehead atoms. The largest absolute Gasteiger partial charge is 0.496 e. The molecule has 3 rings (SSSR count). The van der Waals surface area contributed by atoms with Crippen molar-refractivity contribution in [2.75, 3.05) is 7.11 Å². The van der Waals surface area contributed by atoms with Gasteiger partial charge in [-0.3, -0.25) is 4.79 Å². The monoisotopic (exact) mass is 268 g/mol. The van der Waals surface area contributed by atoms with Gasteiger partial charge >= 0.3 is 0 Å². The normalized spacial score (nSPS) is 24.6. The molecule has 1 aliphatic carbocycles. The van der Waals surface area contributed by atoms with E-state index in [9.17, 15) is 9.90 Å². The molecular formula is C17H16O3. The third-order valence-corrected chi connectivity index (χ3v) is 4.19. The Balaban J connectivity index is 2.22. The van der Waals surface area contributed by atoms with Gasteiger partial charge in [-0.15, -0.1) is 0 Å². The number of aliphatic hydroxyl groups is 1. The molecule has 0 saturated heterocycles. The molecule has 20 heavy (non-hydrogen) atoms. The van der Waals surface area contributed by atoms with Gasteiger partial charge in [0.2, 0.25) is 0 Å². The Morgan fingerprint density at radius 3 is 2.45 bits per heavy atom. The summed E-state index contributed by atoms with van der Waals surface area (Å²) in [7, 11) is 1.57. The molecule has 0 aliphatic heterocycles. The molecule has 102 valence electrons. The van der Waals surface area contributed by atoms with Gasteiger partial charge in [0, 0.05) is 11.1 Å². The van der Waals surface area contributed by atoms with Crippen molar-refractivity contribution >= 4 is 5.78 Å². The Labute approximate surface area is 117 Å². The van der Waals surface area contributed by atoms with Crippen LogP contribution in [0.15, 0.2) is 48.5 Å². The second-order valence-corrected chi connectivity index (χ2v) is 5.22. The van der Waals surface area contributed by atoms with Crippen LogP contribution in [0.25, 0.3) is 0 Å². The van der Waals surface area contributed by atoms with Gasteiger partial charge in [0.1, 0.15) is 5.75 Å². The van der Waals surface area contributed by atoms with Crippen LogP contribution in [0.2, 0.25) is 0 Å². The van der Waals surface area contributed by atoms with Crippen molar-refractivity contribution in [1.82, 2.24) is 0 Å². The molecule has 1 N–H and O–H groups in total. The number of aliphatic hydroxyl groups excluding tert-OH is 1. The van der Waals surface area contributed by atoms with Gasteiger partial charge in [-0.1, -0.05) is 42.5 Å². The number of para-hydroxylation sites is 1. The summed E-state index contributed by atoms with van der Waals surface area (Å²) in [4.78, 5) is 12.8. The summed E-state index contributed by atoms with van der Waals surface area (Å²) in [5.41, 5.74) is 0.992. The Bertz CT molecular complexity index is 677. The zero-order valence-corrected chi connectivity index (χ0v) is 11.5. The lowest BCUT2D eigenvalue weighted by Gasteiger charge is -2.28. The lowest BCUT2D eigenvalue weighted by Crippen LogP contribution is -2.33. The fourth-order valence-corrected chi connectivity index (χ4v) is 3.00. The smallest absolute Gasteiger partial charge is 0.176 e. The van der Waals surface area contributed by atoms with Crippen LogP contribution in [0.3, 0.4) is 0 Å². The topological polar surface area (TPSA) is 46.5 Å². The average Bonchev–Trinajstić information content (AvgIpc) is 2.70. The minimum absolute atomic E-state index is 0.0647. The Kier molecular flexibility index (Phi) is 2.87. The number of benzene rings is 2. The lowest BCUT2D eigenvalue weighted by atomic mass is 9.76. The van der Waals surface area contributed by atoms with Crippen LogP contribution in [-0.2, 0) is 5.41 Å². The Hall–Kier alpha value is -2.13. The van der Waals surface area contributed by atoms with Gasteiger partial charge < -0.3 is 9.84 Å². The molecule has 0 heterocycles. The van der Waals surface area contributed by atoms with Crippen LogP contribution in [0, 0.1) is 0 Å². The number of carbonyl (C=O) groups excluding carboxylic acids is 1. The standard InChI is InChI=1S/C17H16O3/c1-17(13-9-5-6-10-14(13)20-2)15(18)11-7-3-4-8-12(11)16(17)19/h3-10,15,18H,1-2H3. The zero-order valence-electron chi connectivity index (χ0n) is 11.5. The first-order chi connectivity index (χ1) is 9.60. The molecule has 0 fully saturated rings. The SMILES string of the molecule is COc1ccccc1C1(C)C(=O)c2ccccc2C1O. The van der Waals surface area contributed by atoms with Gasteiger partial charge in [0.05, 0.1) is 18.6 Å². The number of carbonyl (C=O) groups is 1. The highest BCUT2D eigenvalue weighted by Crippen LogP contribution is 2.49. The van der Waals surface area contributed by atoms with Gasteiger partial charge in [-0.05, 0) is 18.6 Å². The summed E-state index contributed by atoms with van der Waals surface area (Å²) < 4.78 is 5.36. The second kappa shape index (κ2) is 4.46. The summed E-state index contributed by atoms with van der Waals surface area (Å²) in [6.07, 6.45) is -0.859. The van der Waals surface area contributed by atoms with Crippen LogP contribution in [-0.4, -0.2) is 18.0 Å². The number of hydrogen-bond acceptors (Lipinski definition) is 3. The first-order valence-corrected chi connectivity index (χ1v) is 6.56. The minimum Gasteiger partial charge on any atom is -0.496 e. The highest BCUT2D eigenvalue weighted by Gasteiger charge is 2.51. The average molecular weight is 268 g/mol. The van der Waals surface area contributed by atoms with E-state index in [1.165, 1.54) is 0 Å². The zero-order chi connectivity index (χ0) is 14.3. The summed E-state index contributed by atoms with van der Waals surface area (Å²) in [6.45, 7) is 1.78. The van der Waals surface area contributed by atoms with Crippen molar-refractivity contribution in [2.24, 2.45) is 0 Å². The molecule has 2 unspecified atom stereocenters. The van der Waals surface area contributed by atoms with E-state index in [1.54, 1.807) is 26.2 Å². The Morgan fingerprint density at radius 1 is 1.10 bits per heavy atom. The molecule has 2 aromatic carbocycles. The second-order valence-electron chi connectivity index (χ2n) is 5.22. The summed E-state index contributed by atoms with van der Waals surface area (Å²) in [6, 6.07) is 14.6. The van der Waals surface area contributed by atoms with Gasteiger partial charge in [0.15, 0.2) is 5.78 Å². The lowest BCUT2D eigenvalue weighted by molar-refractivity contribution is 0.0677. The van der Waals surface area contributed by atoms with E-state index >= 15 is 0 Å². The quantitative estimate of drug-likeness (QED) is 0.911. The highest BCUT2D eigenvalue weighted by atomic mass is 16.5. The number of methoxy groups -OCH3 is 1. The van der Waals surface area contributed by atoms with Crippen LogP contribution in [0.5, 0.6) is 5.75 Å². The third-order valence-electron chi connectivity index (χ3n) is 4.19. The fraction of sp³-hybridized carbons (Fsp3) is 0.235. The van der Waals surface area contributed by atoms with E-state index in [1.807, 2.05) is 36.4 Å². The van der Waals surface area contributed by atoms with Crippen molar-refractivity contribution in [2.45, 2.75) is 18.4 Å². The maximum Gasteiger partial charge on any atom is 0.176 e. The number of fused-ring (bicyclic) bond motifs is 1. The molecule has 0 saturated carbocycles. The van der Waals surface area contributed by atoms with E-state index in [4.69, 9.17) is 4.74 Å². The van der Waals surface area contributed by atoms with Crippen LogP contribution >= 0.6 is 0 Å². The minimum atomic E-state index is -1.00. The van der Waals surface area contributed by atoms with E-state index in [2.05, 4.69) is 0 Å². The van der Waals surface area contributed by atoms with Gasteiger partial charge in [0.25, 0.3) is 0 Å². The summed E-state index contributed by atoms with van der Waals surface area (Å²) in [5.74, 6) is 0.556. The third kappa shape index (κ3) is 1.53. The molecule has 3 heteroatoms. The molecular weight excluding hydrogens is 252 g/mol. The molecule has 0 radical (unpaired) electrons. The van der Waals surface area contributed by atoms with Crippen LogP contribution in [0.4, 0.5) is 0 Å². The van der Waals surface area contributed by atoms with Crippen LogP contribution < -0.4 is 4.74 Å². The molecule has 3 nitrogen and oxygen atoms in total. The van der Waals surface area contributed by atoms with E-state index < -0.39 is 11.5 Å². The van der Waals surface area contributed by atoms with Gasteiger partial charge in [-0.2, -0.15) is 0 Å². The van der Waals surface area contributed by atoms with Crippen molar-refractivity contribution in [3.05, 3.63) is 65.2 Å². The number of hydrogen-bond donors (Lipinski definition) is 1. The van der Waals surface area contributed by atoms with E-state index in [0.717, 1.165) is 5.56 Å². The number of ketones is 1. The van der Waals surface area contributed by atoms with E-state index in [0.29, 0.717) is 16.9 Å². The van der Waals surface area contributed by atoms with Crippen molar-refractivity contribution in [1.29, 1.82) is 0 Å². The predicted octanol–water partition coefficient (Wildman–Crippen LogP) is 2.88. The molecule has 0 spiro atoms. The van der Waals surface area contributed by atoms with Crippen molar-refractivity contribution in [3.63, 3.8) is 0 Å². The maximum atomic E-state index is 12.8. The molecule has 0 aromatic heterocycles.